The minimum atomic E-state index is 0.209. The predicted octanol–water partition coefficient (Wildman–Crippen LogP) is 4.14. The molecule has 2 aromatic rings. The highest BCUT2D eigenvalue weighted by atomic mass is 127. The van der Waals surface area contributed by atoms with Crippen LogP contribution in [0.15, 0.2) is 30.3 Å². The zero-order chi connectivity index (χ0) is 10.3. The minimum absolute atomic E-state index is 0.209. The highest BCUT2D eigenvalue weighted by Gasteiger charge is 2.19. The first kappa shape index (κ1) is 10.0. The molecule has 0 fully saturated rings. The molecule has 0 N–H and O–H groups in total. The lowest BCUT2D eigenvalue weighted by atomic mass is 9.92. The van der Waals surface area contributed by atoms with Crippen molar-refractivity contribution in [3.63, 3.8) is 0 Å². The number of aromatic nitrogens is 1. The first-order valence-corrected chi connectivity index (χ1v) is 5.74. The van der Waals surface area contributed by atoms with Gasteiger partial charge in [-0.25, -0.2) is 0 Å². The van der Waals surface area contributed by atoms with Gasteiger partial charge in [0.15, 0.2) is 0 Å². The average Bonchev–Trinajstić information content (AvgIpc) is 2.44. The summed E-state index contributed by atoms with van der Waals surface area (Å²) in [6.45, 7) is 6.74. The molecule has 0 bridgehead atoms. The average molecular weight is 299 g/mol. The van der Waals surface area contributed by atoms with Crippen LogP contribution in [0.3, 0.4) is 0 Å². The van der Waals surface area contributed by atoms with Crippen molar-refractivity contribution in [3.05, 3.63) is 36.0 Å². The van der Waals surface area contributed by atoms with Gasteiger partial charge in [-0.15, -0.1) is 0 Å². The van der Waals surface area contributed by atoms with Gasteiger partial charge in [0.25, 0.3) is 0 Å². The van der Waals surface area contributed by atoms with E-state index in [0.29, 0.717) is 0 Å². The molecule has 0 spiro atoms. The van der Waals surface area contributed by atoms with Crippen molar-refractivity contribution in [2.45, 2.75) is 26.2 Å². The molecule has 1 aromatic carbocycles. The number of benzene rings is 1. The van der Waals surface area contributed by atoms with Crippen molar-refractivity contribution in [1.29, 1.82) is 0 Å². The van der Waals surface area contributed by atoms with E-state index in [9.17, 15) is 0 Å². The number of fused-ring (bicyclic) bond motifs is 1. The summed E-state index contributed by atoms with van der Waals surface area (Å²) in [6, 6.07) is 10.8. The van der Waals surface area contributed by atoms with Crippen LogP contribution in [0.2, 0.25) is 0 Å². The molecule has 0 radical (unpaired) electrons. The summed E-state index contributed by atoms with van der Waals surface area (Å²) in [4.78, 5) is 0. The molecule has 0 saturated carbocycles. The molecule has 0 atom stereocenters. The quantitative estimate of drug-likeness (QED) is 0.644. The van der Waals surface area contributed by atoms with E-state index in [-0.39, 0.29) is 5.41 Å². The summed E-state index contributed by atoms with van der Waals surface area (Å²) in [5.74, 6) is 0. The van der Waals surface area contributed by atoms with Crippen molar-refractivity contribution in [2.24, 2.45) is 0 Å². The van der Waals surface area contributed by atoms with Crippen LogP contribution in [0, 0.1) is 0 Å². The highest BCUT2D eigenvalue weighted by Crippen LogP contribution is 2.30. The van der Waals surface area contributed by atoms with Crippen LogP contribution >= 0.6 is 22.9 Å². The van der Waals surface area contributed by atoms with Crippen LogP contribution in [-0.4, -0.2) is 2.78 Å². The number of nitrogens with zero attached hydrogens (tertiary/aromatic N) is 1. The van der Waals surface area contributed by atoms with E-state index >= 15 is 0 Å². The summed E-state index contributed by atoms with van der Waals surface area (Å²) in [5, 5.41) is 1.33. The van der Waals surface area contributed by atoms with Gasteiger partial charge in [0.1, 0.15) is 0 Å². The number of hydrogen-bond acceptors (Lipinski definition) is 0. The van der Waals surface area contributed by atoms with Gasteiger partial charge >= 0.3 is 0 Å². The molecule has 2 heteroatoms. The second-order valence-electron chi connectivity index (χ2n) is 4.62. The predicted molar refractivity (Wildman–Crippen MR) is 70.1 cm³/mol. The van der Waals surface area contributed by atoms with Gasteiger partial charge in [0.2, 0.25) is 0 Å². The third-order valence-electron chi connectivity index (χ3n) is 2.42. The van der Waals surface area contributed by atoms with Gasteiger partial charge in [-0.2, -0.15) is 0 Å². The van der Waals surface area contributed by atoms with E-state index in [0.717, 1.165) is 0 Å². The topological polar surface area (TPSA) is 4.93 Å². The first-order chi connectivity index (χ1) is 6.50. The molecule has 14 heavy (non-hydrogen) atoms. The smallest absolute Gasteiger partial charge is 0.0643 e. The van der Waals surface area contributed by atoms with Crippen LogP contribution in [0.1, 0.15) is 26.5 Å². The molecule has 1 nitrogen and oxygen atoms in total. The summed E-state index contributed by atoms with van der Waals surface area (Å²) in [6.07, 6.45) is 0. The Morgan fingerprint density at radius 2 is 1.79 bits per heavy atom. The fraction of sp³-hybridized carbons (Fsp3) is 0.333. The first-order valence-electron chi connectivity index (χ1n) is 4.77. The third kappa shape index (κ3) is 1.56. The molecule has 0 amide bonds. The molecule has 0 aliphatic carbocycles. The minimum Gasteiger partial charge on any atom is -0.286 e. The number of hydrogen-bond donors (Lipinski definition) is 0. The van der Waals surface area contributed by atoms with E-state index in [1.54, 1.807) is 0 Å². The van der Waals surface area contributed by atoms with Crippen LogP contribution in [0.4, 0.5) is 0 Å². The Balaban J connectivity index is 2.75. The standard InChI is InChI=1S/C12H14IN/c1-12(2,3)11-8-9-6-4-5-7-10(9)14(11)13/h4-8H,1-3H3. The molecule has 0 unspecified atom stereocenters. The summed E-state index contributed by atoms with van der Waals surface area (Å²) < 4.78 is 2.26. The SMILES string of the molecule is CC(C)(C)c1cc2ccccc2n1I. The van der Waals surface area contributed by atoms with Crippen molar-refractivity contribution in [2.75, 3.05) is 0 Å². The van der Waals surface area contributed by atoms with Crippen molar-refractivity contribution >= 4 is 33.8 Å². The van der Waals surface area contributed by atoms with Gasteiger partial charge in [-0.05, 0) is 12.1 Å². The number of rotatable bonds is 0. The molecular weight excluding hydrogens is 285 g/mol. The summed E-state index contributed by atoms with van der Waals surface area (Å²) in [5.41, 5.74) is 2.89. The molecule has 0 aliphatic heterocycles. The largest absolute Gasteiger partial charge is 0.286 e. The molecule has 0 saturated heterocycles. The number of halogens is 1. The maximum atomic E-state index is 2.38. The fourth-order valence-electron chi connectivity index (χ4n) is 1.63. The normalized spacial score (nSPS) is 12.3. The molecule has 74 valence electrons. The van der Waals surface area contributed by atoms with Crippen LogP contribution in [0.25, 0.3) is 10.9 Å². The van der Waals surface area contributed by atoms with E-state index in [1.165, 1.54) is 16.6 Å². The van der Waals surface area contributed by atoms with Crippen LogP contribution in [-0.2, 0) is 5.41 Å². The monoisotopic (exact) mass is 299 g/mol. The Labute approximate surface area is 98.6 Å². The molecule has 2 rings (SSSR count). The highest BCUT2D eigenvalue weighted by molar-refractivity contribution is 14.1. The second kappa shape index (κ2) is 3.26. The van der Waals surface area contributed by atoms with Gasteiger partial charge in [-0.3, -0.25) is 2.78 Å². The summed E-state index contributed by atoms with van der Waals surface area (Å²) >= 11 is 2.38. The Hall–Kier alpha value is -0.510. The van der Waals surface area contributed by atoms with Crippen LogP contribution in [0.5, 0.6) is 0 Å². The van der Waals surface area contributed by atoms with Crippen molar-refractivity contribution < 1.29 is 0 Å². The summed E-state index contributed by atoms with van der Waals surface area (Å²) in [7, 11) is 0. The lowest BCUT2D eigenvalue weighted by Gasteiger charge is -2.18. The maximum absolute atomic E-state index is 2.38. The van der Waals surface area contributed by atoms with E-state index in [4.69, 9.17) is 0 Å². The van der Waals surface area contributed by atoms with E-state index < -0.39 is 0 Å². The molecule has 1 heterocycles. The Morgan fingerprint density at radius 3 is 2.36 bits per heavy atom. The zero-order valence-corrected chi connectivity index (χ0v) is 10.9. The third-order valence-corrected chi connectivity index (χ3v) is 3.46. The van der Waals surface area contributed by atoms with E-state index in [1.807, 2.05) is 0 Å². The lowest BCUT2D eigenvalue weighted by Crippen LogP contribution is -2.13. The van der Waals surface area contributed by atoms with Crippen molar-refractivity contribution in [3.8, 4) is 0 Å². The van der Waals surface area contributed by atoms with Gasteiger partial charge in [-0.1, -0.05) is 39.0 Å². The van der Waals surface area contributed by atoms with Gasteiger partial charge in [0.05, 0.1) is 28.4 Å². The lowest BCUT2D eigenvalue weighted by molar-refractivity contribution is 0.572. The maximum Gasteiger partial charge on any atom is 0.0643 e. The van der Waals surface area contributed by atoms with Gasteiger partial charge in [0, 0.05) is 16.5 Å². The number of para-hydroxylation sites is 1. The van der Waals surface area contributed by atoms with Crippen LogP contribution < -0.4 is 0 Å². The Kier molecular flexibility index (Phi) is 2.33. The Morgan fingerprint density at radius 1 is 1.14 bits per heavy atom. The van der Waals surface area contributed by atoms with E-state index in [2.05, 4.69) is 76.7 Å². The second-order valence-corrected chi connectivity index (χ2v) is 5.58. The van der Waals surface area contributed by atoms with Crippen molar-refractivity contribution in [1.82, 2.24) is 2.78 Å². The Bertz CT molecular complexity index is 463. The fourth-order valence-corrected chi connectivity index (χ4v) is 2.94. The van der Waals surface area contributed by atoms with Gasteiger partial charge < -0.3 is 0 Å². The molecular formula is C12H14IN. The molecule has 0 aliphatic rings. The zero-order valence-electron chi connectivity index (χ0n) is 8.71. The molecule has 1 aromatic heterocycles.